The van der Waals surface area contributed by atoms with Gasteiger partial charge in [-0.15, -0.1) is 11.3 Å². The van der Waals surface area contributed by atoms with Crippen LogP contribution >= 0.6 is 22.9 Å². The molecule has 1 aromatic heterocycles. The first-order chi connectivity index (χ1) is 14.3. The van der Waals surface area contributed by atoms with Crippen LogP contribution in [-0.4, -0.2) is 16.8 Å². The molecule has 1 aliphatic heterocycles. The number of amides is 1. The number of hydrogen-bond acceptors (Lipinski definition) is 4. The lowest BCUT2D eigenvalue weighted by Gasteiger charge is -2.25. The molecule has 2 heterocycles. The van der Waals surface area contributed by atoms with Crippen molar-refractivity contribution in [1.29, 1.82) is 0 Å². The summed E-state index contributed by atoms with van der Waals surface area (Å²) in [5.41, 5.74) is 1.84. The van der Waals surface area contributed by atoms with Crippen LogP contribution in [0.5, 0.6) is 0 Å². The van der Waals surface area contributed by atoms with E-state index in [2.05, 4.69) is 0 Å². The van der Waals surface area contributed by atoms with Gasteiger partial charge in [0.15, 0.2) is 0 Å². The number of halogens is 2. The van der Waals surface area contributed by atoms with Crippen LogP contribution in [0.4, 0.5) is 10.1 Å². The summed E-state index contributed by atoms with van der Waals surface area (Å²) in [6, 6.07) is 12.0. The summed E-state index contributed by atoms with van der Waals surface area (Å²) >= 11 is 7.44. The Morgan fingerprint density at radius 1 is 1.10 bits per heavy atom. The Labute approximate surface area is 181 Å². The predicted octanol–water partition coefficient (Wildman–Crippen LogP) is 5.78. The second kappa shape index (κ2) is 7.70. The fourth-order valence-electron chi connectivity index (χ4n) is 3.63. The third-order valence-electron chi connectivity index (χ3n) is 5.11. The van der Waals surface area contributed by atoms with Gasteiger partial charge in [-0.05, 0) is 72.8 Å². The van der Waals surface area contributed by atoms with Crippen LogP contribution in [0.15, 0.2) is 59.5 Å². The molecule has 152 valence electrons. The number of aliphatic hydroxyl groups is 1. The van der Waals surface area contributed by atoms with E-state index in [9.17, 15) is 19.1 Å². The van der Waals surface area contributed by atoms with Crippen molar-refractivity contribution >= 4 is 46.1 Å². The van der Waals surface area contributed by atoms with E-state index in [1.165, 1.54) is 34.4 Å². The normalized spacial score (nSPS) is 18.3. The second-order valence-corrected chi connectivity index (χ2v) is 8.49. The van der Waals surface area contributed by atoms with Crippen molar-refractivity contribution in [1.82, 2.24) is 0 Å². The smallest absolute Gasteiger partial charge is 0.300 e. The molecule has 2 aromatic carbocycles. The van der Waals surface area contributed by atoms with Crippen molar-refractivity contribution in [3.05, 3.63) is 91.9 Å². The Morgan fingerprint density at radius 3 is 2.50 bits per heavy atom. The zero-order chi connectivity index (χ0) is 21.6. The van der Waals surface area contributed by atoms with Gasteiger partial charge in [-0.1, -0.05) is 17.7 Å². The highest BCUT2D eigenvalue weighted by atomic mass is 35.5. The van der Waals surface area contributed by atoms with Crippen LogP contribution in [0.25, 0.3) is 5.76 Å². The monoisotopic (exact) mass is 441 g/mol. The molecular formula is C23H17ClFNO3S. The highest BCUT2D eigenvalue weighted by Gasteiger charge is 2.47. The van der Waals surface area contributed by atoms with Crippen LogP contribution in [0.1, 0.15) is 27.6 Å². The van der Waals surface area contributed by atoms with Crippen molar-refractivity contribution in [3.8, 4) is 0 Å². The van der Waals surface area contributed by atoms with Crippen LogP contribution in [0, 0.1) is 19.7 Å². The first-order valence-corrected chi connectivity index (χ1v) is 10.4. The van der Waals surface area contributed by atoms with E-state index in [0.717, 1.165) is 10.4 Å². The number of nitrogens with zero attached hydrogens (tertiary/aromatic N) is 1. The Kier molecular flexibility index (Phi) is 5.22. The number of aryl methyl sites for hydroxylation is 2. The number of benzene rings is 2. The maximum Gasteiger partial charge on any atom is 0.300 e. The number of anilines is 1. The van der Waals surface area contributed by atoms with Gasteiger partial charge in [0.1, 0.15) is 17.6 Å². The number of hydrogen-bond donors (Lipinski definition) is 1. The van der Waals surface area contributed by atoms with Crippen LogP contribution in [0.2, 0.25) is 5.02 Å². The highest BCUT2D eigenvalue weighted by molar-refractivity contribution is 7.10. The van der Waals surface area contributed by atoms with E-state index >= 15 is 0 Å². The van der Waals surface area contributed by atoms with Gasteiger partial charge in [0.2, 0.25) is 0 Å². The molecule has 1 saturated heterocycles. The van der Waals surface area contributed by atoms with Gasteiger partial charge in [0, 0.05) is 21.2 Å². The lowest BCUT2D eigenvalue weighted by Crippen LogP contribution is -2.29. The summed E-state index contributed by atoms with van der Waals surface area (Å²) < 4.78 is 13.7. The third-order valence-corrected chi connectivity index (χ3v) is 6.27. The van der Waals surface area contributed by atoms with Crippen molar-refractivity contribution in [2.75, 3.05) is 4.90 Å². The molecule has 1 fully saturated rings. The van der Waals surface area contributed by atoms with Crippen molar-refractivity contribution in [2.45, 2.75) is 19.9 Å². The minimum atomic E-state index is -0.796. The Bertz CT molecular complexity index is 1200. The summed E-state index contributed by atoms with van der Waals surface area (Å²) in [6.45, 7) is 3.37. The quantitative estimate of drug-likeness (QED) is 0.318. The standard InChI is InChI=1S/C23H17ClFNO3S/c1-12-10-14(5-7-16(12)25)21(27)19-20(18-4-3-9-30-18)26(23(29)22(19)28)17-8-6-15(24)11-13(17)2/h3-11,20,27H,1-2H3/b21-19-. The van der Waals surface area contributed by atoms with E-state index in [-0.39, 0.29) is 16.9 Å². The molecule has 1 aliphatic rings. The number of thiophene rings is 1. The maximum atomic E-state index is 13.7. The average Bonchev–Trinajstić information content (AvgIpc) is 3.31. The maximum absolute atomic E-state index is 13.7. The molecule has 4 nitrogen and oxygen atoms in total. The predicted molar refractivity (Wildman–Crippen MR) is 116 cm³/mol. The zero-order valence-corrected chi connectivity index (χ0v) is 17.7. The van der Waals surface area contributed by atoms with Gasteiger partial charge >= 0.3 is 0 Å². The first-order valence-electron chi connectivity index (χ1n) is 9.16. The van der Waals surface area contributed by atoms with E-state index in [0.29, 0.717) is 16.3 Å². The van der Waals surface area contributed by atoms with Crippen molar-refractivity contribution in [2.24, 2.45) is 0 Å². The number of carbonyl (C=O) groups is 2. The lowest BCUT2D eigenvalue weighted by molar-refractivity contribution is -0.132. The van der Waals surface area contributed by atoms with Gasteiger partial charge in [-0.25, -0.2) is 4.39 Å². The number of ketones is 1. The summed E-state index contributed by atoms with van der Waals surface area (Å²) in [6.07, 6.45) is 0. The van der Waals surface area contributed by atoms with Crippen LogP contribution < -0.4 is 4.90 Å². The molecular weight excluding hydrogens is 425 g/mol. The number of rotatable bonds is 3. The molecule has 0 radical (unpaired) electrons. The Morgan fingerprint density at radius 2 is 1.87 bits per heavy atom. The molecule has 4 rings (SSSR count). The Hall–Kier alpha value is -2.96. The van der Waals surface area contributed by atoms with Crippen LogP contribution in [0.3, 0.4) is 0 Å². The summed E-state index contributed by atoms with van der Waals surface area (Å²) in [5, 5.41) is 13.4. The second-order valence-electron chi connectivity index (χ2n) is 7.08. The molecule has 1 amide bonds. The fraction of sp³-hybridized carbons (Fsp3) is 0.130. The van der Waals surface area contributed by atoms with E-state index in [1.807, 2.05) is 17.5 Å². The molecule has 30 heavy (non-hydrogen) atoms. The molecule has 0 bridgehead atoms. The van der Waals surface area contributed by atoms with Gasteiger partial charge < -0.3 is 5.11 Å². The van der Waals surface area contributed by atoms with E-state index in [1.54, 1.807) is 32.0 Å². The number of Topliss-reactive ketones (excluding diaryl/α,β-unsaturated/α-hetero) is 1. The SMILES string of the molecule is Cc1cc(/C(O)=C2/C(=O)C(=O)N(c3ccc(Cl)cc3C)C2c2cccs2)ccc1F. The van der Waals surface area contributed by atoms with E-state index in [4.69, 9.17) is 11.6 Å². The summed E-state index contributed by atoms with van der Waals surface area (Å²) in [7, 11) is 0. The van der Waals surface area contributed by atoms with Gasteiger partial charge in [0.05, 0.1) is 5.57 Å². The molecule has 0 spiro atoms. The molecule has 0 aliphatic carbocycles. The van der Waals surface area contributed by atoms with Gasteiger partial charge in [-0.2, -0.15) is 0 Å². The third kappa shape index (κ3) is 3.32. The van der Waals surface area contributed by atoms with Crippen LogP contribution in [-0.2, 0) is 9.59 Å². The molecule has 7 heteroatoms. The largest absolute Gasteiger partial charge is 0.507 e. The first kappa shape index (κ1) is 20.3. The Balaban J connectivity index is 1.95. The molecule has 3 aromatic rings. The van der Waals surface area contributed by atoms with Crippen molar-refractivity contribution < 1.29 is 19.1 Å². The number of aliphatic hydroxyl groups excluding tert-OH is 1. The van der Waals surface area contributed by atoms with E-state index < -0.39 is 23.5 Å². The molecule has 1 atom stereocenters. The average molecular weight is 442 g/mol. The van der Waals surface area contributed by atoms with Gasteiger partial charge in [0.25, 0.3) is 11.7 Å². The lowest BCUT2D eigenvalue weighted by atomic mass is 9.98. The molecule has 1 unspecified atom stereocenters. The summed E-state index contributed by atoms with van der Waals surface area (Å²) in [4.78, 5) is 28.2. The summed E-state index contributed by atoms with van der Waals surface area (Å²) in [5.74, 6) is -2.27. The fourth-order valence-corrected chi connectivity index (χ4v) is 4.68. The minimum Gasteiger partial charge on any atom is -0.507 e. The van der Waals surface area contributed by atoms with Crippen molar-refractivity contribution in [3.63, 3.8) is 0 Å². The minimum absolute atomic E-state index is 0.0252. The topological polar surface area (TPSA) is 57.6 Å². The molecule has 0 saturated carbocycles. The number of carbonyl (C=O) groups excluding carboxylic acids is 2. The molecule has 1 N–H and O–H groups in total. The highest BCUT2D eigenvalue weighted by Crippen LogP contribution is 2.44. The zero-order valence-electron chi connectivity index (χ0n) is 16.1. The van der Waals surface area contributed by atoms with Gasteiger partial charge in [-0.3, -0.25) is 14.5 Å².